The molecule has 0 bridgehead atoms. The van der Waals surface area contributed by atoms with E-state index in [-0.39, 0.29) is 0 Å². The number of hydrogen-bond donors (Lipinski definition) is 2. The lowest BCUT2D eigenvalue weighted by Crippen LogP contribution is -2.57. The summed E-state index contributed by atoms with van der Waals surface area (Å²) in [5.41, 5.74) is 2.55. The number of anilines is 1. The number of aromatic nitrogens is 1. The number of halogens is 1. The van der Waals surface area contributed by atoms with E-state index in [1.54, 1.807) is 0 Å². The van der Waals surface area contributed by atoms with E-state index >= 15 is 0 Å². The molecule has 1 aromatic heterocycles. The second kappa shape index (κ2) is 14.2. The van der Waals surface area contributed by atoms with Gasteiger partial charge in [-0.15, -0.1) is 0 Å². The lowest BCUT2D eigenvalue weighted by Gasteiger charge is -2.60. The zero-order chi connectivity index (χ0) is 33.6. The largest absolute Gasteiger partial charge is 0.383 e. The molecule has 6 aliphatic rings. The highest BCUT2D eigenvalue weighted by Gasteiger charge is 2.61. The Hall–Kier alpha value is -1.48. The van der Waals surface area contributed by atoms with Crippen molar-refractivity contribution >= 4 is 28.2 Å². The summed E-state index contributed by atoms with van der Waals surface area (Å²) in [6.07, 6.45) is 19.6. The smallest absolute Gasteiger partial charge is 0.234 e. The maximum atomic E-state index is 6.18. The third kappa shape index (κ3) is 6.68. The second-order valence-corrected chi connectivity index (χ2v) is 17.9. The first-order valence-corrected chi connectivity index (χ1v) is 20.4. The minimum atomic E-state index is -0.706. The first-order valence-electron chi connectivity index (χ1n) is 20.0. The highest BCUT2D eigenvalue weighted by molar-refractivity contribution is 6.31. The van der Waals surface area contributed by atoms with E-state index in [2.05, 4.69) is 48.5 Å². The molecule has 1 aromatic carbocycles. The van der Waals surface area contributed by atoms with Gasteiger partial charge in [-0.2, -0.15) is 19.6 Å². The van der Waals surface area contributed by atoms with Crippen molar-refractivity contribution in [1.82, 2.24) is 10.3 Å². The van der Waals surface area contributed by atoms with Crippen LogP contribution in [-0.2, 0) is 19.6 Å². The summed E-state index contributed by atoms with van der Waals surface area (Å²) in [4.78, 5) is 28.9. The van der Waals surface area contributed by atoms with Crippen molar-refractivity contribution in [2.45, 2.75) is 129 Å². The Kier molecular flexibility index (Phi) is 9.99. The average Bonchev–Trinajstić information content (AvgIpc) is 3.46. The lowest BCUT2D eigenvalue weighted by molar-refractivity contribution is -0.664. The van der Waals surface area contributed by atoms with Crippen LogP contribution < -0.4 is 10.6 Å². The molecule has 0 radical (unpaired) electrons. The van der Waals surface area contributed by atoms with Crippen LogP contribution in [0.5, 0.6) is 0 Å². The number of nitrogens with one attached hydrogen (secondary N) is 2. The van der Waals surface area contributed by atoms with Crippen molar-refractivity contribution < 1.29 is 19.6 Å². The predicted molar refractivity (Wildman–Crippen MR) is 195 cm³/mol. The van der Waals surface area contributed by atoms with Crippen molar-refractivity contribution in [2.24, 2.45) is 52.8 Å². The summed E-state index contributed by atoms with van der Waals surface area (Å²) in [6, 6.07) is 7.96. The standard InChI is InChI=1S/C41H60ClN3O4/c1-27(8-7-20-43-22-23-45-36-15-21-44-37-25-30(42)9-10-33(36)37)34-11-12-35-38-28(2)24-29-26-41(19-14-31(29)32(38)13-18-39(34,35)3)48-46-40(47-49-41)16-5-4-6-17-40/h9-10,15,21,25,27-29,31-32,34-35,38,43H,4-8,11-14,16-20,22-24,26H2,1-3H3,(H,44,45)/t27-,28-,29-,31+,32?,34-,35?,38?,39-/m1/s1. The first kappa shape index (κ1) is 34.6. The molecule has 0 amide bonds. The number of rotatable bonds is 9. The zero-order valence-corrected chi connectivity index (χ0v) is 30.9. The molecule has 9 atom stereocenters. The van der Waals surface area contributed by atoms with Crippen LogP contribution in [0.25, 0.3) is 10.9 Å². The topological polar surface area (TPSA) is 73.9 Å². The van der Waals surface area contributed by atoms with Crippen LogP contribution in [0.4, 0.5) is 5.69 Å². The van der Waals surface area contributed by atoms with Crippen LogP contribution >= 0.6 is 11.6 Å². The predicted octanol–water partition coefficient (Wildman–Crippen LogP) is 10.1. The molecular weight excluding hydrogens is 634 g/mol. The Bertz CT molecular complexity index is 1440. The Balaban J connectivity index is 0.802. The van der Waals surface area contributed by atoms with Crippen LogP contribution in [0.15, 0.2) is 30.5 Å². The average molecular weight is 694 g/mol. The highest BCUT2D eigenvalue weighted by atomic mass is 35.5. The maximum absolute atomic E-state index is 6.18. The van der Waals surface area contributed by atoms with Gasteiger partial charge in [-0.25, -0.2) is 0 Å². The monoisotopic (exact) mass is 693 g/mol. The quantitative estimate of drug-likeness (QED) is 0.200. The Labute approximate surface area is 299 Å². The zero-order valence-electron chi connectivity index (χ0n) is 30.2. The molecule has 49 heavy (non-hydrogen) atoms. The summed E-state index contributed by atoms with van der Waals surface area (Å²) in [5.74, 6) is 5.08. The molecule has 8 heteroatoms. The van der Waals surface area contributed by atoms with E-state index in [0.717, 1.165) is 121 Å². The van der Waals surface area contributed by atoms with Crippen LogP contribution in [0.2, 0.25) is 5.02 Å². The molecule has 2 heterocycles. The van der Waals surface area contributed by atoms with Gasteiger partial charge >= 0.3 is 0 Å². The van der Waals surface area contributed by atoms with Gasteiger partial charge in [0.25, 0.3) is 0 Å². The first-order chi connectivity index (χ1) is 23.8. The number of pyridine rings is 1. The minimum Gasteiger partial charge on any atom is -0.383 e. The fraction of sp³-hybridized carbons (Fsp3) is 0.780. The van der Waals surface area contributed by atoms with E-state index in [0.29, 0.717) is 11.3 Å². The van der Waals surface area contributed by atoms with Crippen LogP contribution in [0.3, 0.4) is 0 Å². The summed E-state index contributed by atoms with van der Waals surface area (Å²) >= 11 is 6.16. The normalized spacial score (nSPS) is 37.0. The summed E-state index contributed by atoms with van der Waals surface area (Å²) in [7, 11) is 0. The van der Waals surface area contributed by atoms with E-state index in [9.17, 15) is 0 Å². The molecule has 2 aromatic rings. The minimum absolute atomic E-state index is 0.498. The lowest BCUT2D eigenvalue weighted by atomic mass is 9.46. The van der Waals surface area contributed by atoms with Gasteiger partial charge in [0, 0.05) is 61.1 Å². The molecule has 6 fully saturated rings. The van der Waals surface area contributed by atoms with Gasteiger partial charge in [0.1, 0.15) is 0 Å². The van der Waals surface area contributed by atoms with E-state index in [4.69, 9.17) is 31.2 Å². The third-order valence-electron chi connectivity index (χ3n) is 14.7. The molecule has 3 unspecified atom stereocenters. The second-order valence-electron chi connectivity index (χ2n) is 17.5. The van der Waals surface area contributed by atoms with Crippen molar-refractivity contribution in [3.8, 4) is 0 Å². The van der Waals surface area contributed by atoms with Crippen LogP contribution in [0, 0.1) is 52.8 Å². The van der Waals surface area contributed by atoms with Crippen LogP contribution in [0.1, 0.15) is 117 Å². The van der Waals surface area contributed by atoms with Gasteiger partial charge in [-0.3, -0.25) is 4.98 Å². The van der Waals surface area contributed by atoms with E-state index in [1.165, 1.54) is 57.8 Å². The van der Waals surface area contributed by atoms with Crippen LogP contribution in [-0.4, -0.2) is 36.2 Å². The highest BCUT2D eigenvalue weighted by Crippen LogP contribution is 2.67. The summed E-state index contributed by atoms with van der Waals surface area (Å²) in [5, 5.41) is 9.13. The van der Waals surface area contributed by atoms with E-state index in [1.807, 2.05) is 18.3 Å². The van der Waals surface area contributed by atoms with Gasteiger partial charge in [-0.05, 0) is 148 Å². The number of hydrogen-bond acceptors (Lipinski definition) is 7. The van der Waals surface area contributed by atoms with Gasteiger partial charge in [0.2, 0.25) is 11.6 Å². The molecule has 7 nitrogen and oxygen atoms in total. The van der Waals surface area contributed by atoms with Crippen molar-refractivity contribution in [2.75, 3.05) is 25.0 Å². The molecule has 2 spiro atoms. The van der Waals surface area contributed by atoms with Gasteiger partial charge in [-0.1, -0.05) is 38.8 Å². The van der Waals surface area contributed by atoms with Gasteiger partial charge in [0.05, 0.1) is 5.52 Å². The number of fused-ring (bicyclic) bond motifs is 6. The summed E-state index contributed by atoms with van der Waals surface area (Å²) < 4.78 is 0. The third-order valence-corrected chi connectivity index (χ3v) is 14.9. The van der Waals surface area contributed by atoms with Gasteiger partial charge in [0.15, 0.2) is 0 Å². The number of benzene rings is 1. The molecule has 270 valence electrons. The molecule has 8 rings (SSSR count). The Morgan fingerprint density at radius 2 is 1.69 bits per heavy atom. The fourth-order valence-corrected chi connectivity index (χ4v) is 12.6. The van der Waals surface area contributed by atoms with Crippen molar-refractivity contribution in [1.29, 1.82) is 0 Å². The van der Waals surface area contributed by atoms with E-state index < -0.39 is 11.6 Å². The molecule has 1 saturated heterocycles. The Morgan fingerprint density at radius 3 is 2.53 bits per heavy atom. The molecule has 5 saturated carbocycles. The van der Waals surface area contributed by atoms with Crippen molar-refractivity contribution in [3.63, 3.8) is 0 Å². The number of nitrogens with zero attached hydrogens (tertiary/aromatic N) is 1. The summed E-state index contributed by atoms with van der Waals surface area (Å²) in [6.45, 7) is 10.8. The molecule has 5 aliphatic carbocycles. The fourth-order valence-electron chi connectivity index (χ4n) is 12.4. The SMILES string of the molecule is C[C@@H]1C[C@@H]2CC3(CC[C@@H]2C2CC[C@@]4(C)C(CC[C@@H]4[C@H](C)CCCNCCNc4ccnc5cc(Cl)ccc45)C21)OOC1(CCCCC1)OO3. The molecule has 2 N–H and O–H groups in total. The maximum Gasteiger partial charge on any atom is 0.234 e. The molecular formula is C41H60ClN3O4. The molecule has 1 aliphatic heterocycles. The Morgan fingerprint density at radius 1 is 0.898 bits per heavy atom. The van der Waals surface area contributed by atoms with Crippen molar-refractivity contribution in [3.05, 3.63) is 35.5 Å². The van der Waals surface area contributed by atoms with Gasteiger partial charge < -0.3 is 10.6 Å².